The normalized spacial score (nSPS) is 11.7. The van der Waals surface area contributed by atoms with Gasteiger partial charge >= 0.3 is 0 Å². The van der Waals surface area contributed by atoms with E-state index in [9.17, 15) is 4.79 Å². The Balaban J connectivity index is 1.73. The number of aromatic nitrogens is 5. The molecule has 0 saturated heterocycles. The Morgan fingerprint density at radius 2 is 1.54 bits per heavy atom. The van der Waals surface area contributed by atoms with E-state index in [0.717, 1.165) is 27.8 Å². The van der Waals surface area contributed by atoms with Crippen LogP contribution in [-0.2, 0) is 6.54 Å². The van der Waals surface area contributed by atoms with Crippen molar-refractivity contribution >= 4 is 44.8 Å². The van der Waals surface area contributed by atoms with E-state index in [1.54, 1.807) is 4.57 Å². The molecule has 0 N–H and O–H groups in total. The predicted molar refractivity (Wildman–Crippen MR) is 141 cm³/mol. The van der Waals surface area contributed by atoms with E-state index in [4.69, 9.17) is 26.6 Å². The lowest BCUT2D eigenvalue weighted by Crippen LogP contribution is -2.24. The van der Waals surface area contributed by atoms with Gasteiger partial charge in [-0.25, -0.2) is 15.0 Å². The molecule has 0 aliphatic heterocycles. The number of fused-ring (bicyclic) bond motifs is 4. The number of nitrogens with zero attached hydrogens (tertiary/aromatic N) is 5. The van der Waals surface area contributed by atoms with Crippen molar-refractivity contribution in [3.05, 3.63) is 105 Å². The van der Waals surface area contributed by atoms with E-state index >= 15 is 0 Å². The Kier molecular flexibility index (Phi) is 4.93. The van der Waals surface area contributed by atoms with Crippen LogP contribution in [0.5, 0.6) is 0 Å². The summed E-state index contributed by atoms with van der Waals surface area (Å²) in [5.41, 5.74) is 7.02. The third-order valence-corrected chi connectivity index (χ3v) is 6.66. The van der Waals surface area contributed by atoms with Crippen LogP contribution in [0.25, 0.3) is 38.9 Å². The Morgan fingerprint density at radius 3 is 2.29 bits per heavy atom. The highest BCUT2D eigenvalue weighted by Crippen LogP contribution is 2.31. The molecule has 0 radical (unpaired) electrons. The first-order valence-electron chi connectivity index (χ1n) is 11.4. The van der Waals surface area contributed by atoms with Crippen molar-refractivity contribution in [2.24, 2.45) is 0 Å². The lowest BCUT2D eigenvalue weighted by Gasteiger charge is -2.13. The molecule has 35 heavy (non-hydrogen) atoms. The van der Waals surface area contributed by atoms with Crippen molar-refractivity contribution in [2.75, 3.05) is 0 Å². The summed E-state index contributed by atoms with van der Waals surface area (Å²) in [5.74, 6) is 0.622. The first-order chi connectivity index (χ1) is 16.9. The number of para-hydroxylation sites is 2. The number of benzene rings is 3. The Morgan fingerprint density at radius 1 is 0.829 bits per heavy atom. The molecule has 3 aromatic heterocycles. The van der Waals surface area contributed by atoms with Crippen molar-refractivity contribution in [3.8, 4) is 5.69 Å². The van der Waals surface area contributed by atoms with Gasteiger partial charge in [-0.05, 0) is 56.2 Å². The van der Waals surface area contributed by atoms with E-state index < -0.39 is 0 Å². The molecular formula is C28H22ClN5O. The summed E-state index contributed by atoms with van der Waals surface area (Å²) >= 11 is 6.38. The largest absolute Gasteiger partial charge is 0.292 e. The van der Waals surface area contributed by atoms with Gasteiger partial charge in [0, 0.05) is 5.02 Å². The van der Waals surface area contributed by atoms with Crippen LogP contribution in [-0.4, -0.2) is 24.1 Å². The zero-order chi connectivity index (χ0) is 24.3. The van der Waals surface area contributed by atoms with Crippen LogP contribution in [0.1, 0.15) is 22.5 Å². The summed E-state index contributed by atoms with van der Waals surface area (Å²) in [7, 11) is 0. The molecular weight excluding hydrogens is 458 g/mol. The molecule has 6 rings (SSSR count). The summed E-state index contributed by atoms with van der Waals surface area (Å²) in [6.07, 6.45) is 0. The fraction of sp³-hybridized carbons (Fsp3) is 0.143. The summed E-state index contributed by atoms with van der Waals surface area (Å²) in [5, 5.41) is 1.05. The third kappa shape index (κ3) is 3.49. The topological polar surface area (TPSA) is 65.6 Å². The van der Waals surface area contributed by atoms with E-state index in [1.807, 2.05) is 92.1 Å². The van der Waals surface area contributed by atoms with Gasteiger partial charge in [0.2, 0.25) is 0 Å². The van der Waals surface area contributed by atoms with Gasteiger partial charge < -0.3 is 0 Å². The van der Waals surface area contributed by atoms with Gasteiger partial charge in [0.25, 0.3) is 5.56 Å². The Hall–Kier alpha value is -4.03. The summed E-state index contributed by atoms with van der Waals surface area (Å²) in [6.45, 7) is 6.34. The smallest absolute Gasteiger partial charge is 0.265 e. The summed E-state index contributed by atoms with van der Waals surface area (Å²) < 4.78 is 3.62. The molecule has 7 heteroatoms. The third-order valence-electron chi connectivity index (χ3n) is 6.43. The second-order valence-corrected chi connectivity index (χ2v) is 9.32. The maximum atomic E-state index is 14.0. The van der Waals surface area contributed by atoms with Crippen molar-refractivity contribution in [1.29, 1.82) is 0 Å². The van der Waals surface area contributed by atoms with Gasteiger partial charge in [-0.3, -0.25) is 13.9 Å². The Labute approximate surface area is 206 Å². The van der Waals surface area contributed by atoms with Crippen molar-refractivity contribution in [1.82, 2.24) is 24.1 Å². The number of rotatable bonds is 3. The zero-order valence-electron chi connectivity index (χ0n) is 19.6. The van der Waals surface area contributed by atoms with Crippen molar-refractivity contribution in [2.45, 2.75) is 27.3 Å². The number of halogens is 1. The summed E-state index contributed by atoms with van der Waals surface area (Å²) in [4.78, 5) is 28.7. The fourth-order valence-electron chi connectivity index (χ4n) is 4.54. The molecule has 0 unspecified atom stereocenters. The quantitative estimate of drug-likeness (QED) is 0.316. The molecule has 0 amide bonds. The van der Waals surface area contributed by atoms with Crippen LogP contribution in [0.2, 0.25) is 5.02 Å². The average molecular weight is 480 g/mol. The number of aryl methyl sites for hydroxylation is 3. The lowest BCUT2D eigenvalue weighted by molar-refractivity contribution is 0.711. The van der Waals surface area contributed by atoms with E-state index in [1.165, 1.54) is 5.56 Å². The number of hydrogen-bond donors (Lipinski definition) is 0. The molecule has 172 valence electrons. The first kappa shape index (κ1) is 21.5. The van der Waals surface area contributed by atoms with Crippen LogP contribution < -0.4 is 5.56 Å². The highest BCUT2D eigenvalue weighted by Gasteiger charge is 2.23. The maximum Gasteiger partial charge on any atom is 0.265 e. The van der Waals surface area contributed by atoms with Crippen LogP contribution >= 0.6 is 11.6 Å². The lowest BCUT2D eigenvalue weighted by atomic mass is 10.1. The molecule has 0 aliphatic rings. The highest BCUT2D eigenvalue weighted by molar-refractivity contribution is 6.30. The van der Waals surface area contributed by atoms with E-state index in [0.29, 0.717) is 39.6 Å². The molecule has 0 fully saturated rings. The van der Waals surface area contributed by atoms with Gasteiger partial charge in [-0.2, -0.15) is 0 Å². The molecule has 0 spiro atoms. The second kappa shape index (κ2) is 8.03. The highest BCUT2D eigenvalue weighted by atomic mass is 35.5. The number of hydrogen-bond acceptors (Lipinski definition) is 4. The molecule has 6 nitrogen and oxygen atoms in total. The molecule has 0 bridgehead atoms. The standard InChI is InChI=1S/C28H22ClN5O/c1-16-8-11-19(12-9-16)15-33-18(3)30-26-24(28(33)35)25-27(32-22-7-5-4-6-21(22)31-25)34(26)23-14-20(29)13-10-17(23)2/h4-14H,15H2,1-3H3. The van der Waals surface area contributed by atoms with Gasteiger partial charge in [0.15, 0.2) is 11.3 Å². The van der Waals surface area contributed by atoms with E-state index in [-0.39, 0.29) is 5.56 Å². The zero-order valence-corrected chi connectivity index (χ0v) is 20.3. The molecule has 0 atom stereocenters. The predicted octanol–water partition coefficient (Wildman–Crippen LogP) is 5.91. The SMILES string of the molecule is Cc1ccc(Cn2c(C)nc3c(c2=O)c2nc4ccccc4nc2n3-c2cc(Cl)ccc2C)cc1. The molecule has 0 saturated carbocycles. The van der Waals surface area contributed by atoms with E-state index in [2.05, 4.69) is 0 Å². The van der Waals surface area contributed by atoms with Crippen LogP contribution in [0, 0.1) is 20.8 Å². The summed E-state index contributed by atoms with van der Waals surface area (Å²) in [6, 6.07) is 21.5. The molecule has 3 aromatic carbocycles. The van der Waals surface area contributed by atoms with Gasteiger partial charge in [-0.15, -0.1) is 0 Å². The average Bonchev–Trinajstić information content (AvgIpc) is 3.15. The first-order valence-corrected chi connectivity index (χ1v) is 11.8. The Bertz CT molecular complexity index is 1830. The van der Waals surface area contributed by atoms with Gasteiger partial charge in [0.05, 0.1) is 23.3 Å². The van der Waals surface area contributed by atoms with Crippen LogP contribution in [0.15, 0.2) is 71.5 Å². The van der Waals surface area contributed by atoms with Crippen molar-refractivity contribution < 1.29 is 0 Å². The molecule has 6 aromatic rings. The fourth-order valence-corrected chi connectivity index (χ4v) is 4.71. The minimum atomic E-state index is -0.138. The monoisotopic (exact) mass is 479 g/mol. The molecule has 0 aliphatic carbocycles. The van der Waals surface area contributed by atoms with Crippen LogP contribution in [0.4, 0.5) is 0 Å². The van der Waals surface area contributed by atoms with Gasteiger partial charge in [-0.1, -0.05) is 59.6 Å². The minimum absolute atomic E-state index is 0.138. The second-order valence-electron chi connectivity index (χ2n) is 8.89. The molecule has 3 heterocycles. The van der Waals surface area contributed by atoms with Crippen molar-refractivity contribution in [3.63, 3.8) is 0 Å². The minimum Gasteiger partial charge on any atom is -0.292 e. The maximum absolute atomic E-state index is 14.0. The van der Waals surface area contributed by atoms with Gasteiger partial charge in [0.1, 0.15) is 16.7 Å². The van der Waals surface area contributed by atoms with Crippen LogP contribution in [0.3, 0.4) is 0 Å².